The number of nitrogens with two attached hydrogens (primary N) is 2. The highest BCUT2D eigenvalue weighted by molar-refractivity contribution is 5.90. The second-order valence-electron chi connectivity index (χ2n) is 3.33. The topological polar surface area (TPSA) is 136 Å². The third kappa shape index (κ3) is 2.48. The molecule has 2 aromatic heterocycles. The van der Waals surface area contributed by atoms with Crippen LogP contribution >= 0.6 is 0 Å². The van der Waals surface area contributed by atoms with E-state index in [0.717, 1.165) is 5.56 Å². The summed E-state index contributed by atoms with van der Waals surface area (Å²) in [4.78, 5) is 10.8. The molecule has 88 valence electrons. The quantitative estimate of drug-likeness (QED) is 0.561. The molecule has 0 fully saturated rings. The summed E-state index contributed by atoms with van der Waals surface area (Å²) in [6.07, 6.45) is 1.62. The number of H-pyrrole nitrogens is 1. The molecule has 0 radical (unpaired) electrons. The number of amides is 1. The highest BCUT2D eigenvalue weighted by Crippen LogP contribution is 2.09. The van der Waals surface area contributed by atoms with Crippen LogP contribution in [0.2, 0.25) is 0 Å². The minimum atomic E-state index is -0.608. The molecule has 0 aromatic carbocycles. The number of nitrogens with one attached hydrogen (secondary N) is 2. The van der Waals surface area contributed by atoms with Crippen molar-refractivity contribution in [2.45, 2.75) is 6.54 Å². The molecular weight excluding hydrogens is 222 g/mol. The Labute approximate surface area is 96.4 Å². The van der Waals surface area contributed by atoms with Gasteiger partial charge in [-0.05, 0) is 12.1 Å². The van der Waals surface area contributed by atoms with Gasteiger partial charge in [0.1, 0.15) is 11.6 Å². The monoisotopic (exact) mass is 233 g/mol. The highest BCUT2D eigenvalue weighted by Gasteiger charge is 2.04. The molecule has 2 rings (SSSR count). The van der Waals surface area contributed by atoms with Crippen LogP contribution in [0.15, 0.2) is 18.3 Å². The van der Waals surface area contributed by atoms with Crippen LogP contribution < -0.4 is 16.8 Å². The summed E-state index contributed by atoms with van der Waals surface area (Å²) in [7, 11) is 0. The van der Waals surface area contributed by atoms with E-state index in [2.05, 4.69) is 25.7 Å². The van der Waals surface area contributed by atoms with Gasteiger partial charge in [0.25, 0.3) is 5.91 Å². The van der Waals surface area contributed by atoms with Crippen LogP contribution in [0.25, 0.3) is 0 Å². The van der Waals surface area contributed by atoms with Gasteiger partial charge in [0.15, 0.2) is 5.69 Å². The number of carbonyl (C=O) groups excluding carboxylic acids is 1. The van der Waals surface area contributed by atoms with Crippen molar-refractivity contribution < 1.29 is 4.79 Å². The van der Waals surface area contributed by atoms with Gasteiger partial charge in [0, 0.05) is 12.1 Å². The number of carbonyl (C=O) groups is 1. The molecule has 0 saturated heterocycles. The Morgan fingerprint density at radius 2 is 2.24 bits per heavy atom. The maximum absolute atomic E-state index is 10.8. The first kappa shape index (κ1) is 10.9. The van der Waals surface area contributed by atoms with Crippen LogP contribution in [-0.4, -0.2) is 26.3 Å². The molecular formula is C9H11N7O. The van der Waals surface area contributed by atoms with Crippen LogP contribution in [0.1, 0.15) is 16.1 Å². The number of anilines is 2. The standard InChI is InChI=1S/C9H11N7O/c10-8-5(4-13-16-8)3-12-7-2-1-6(9(11)17)14-15-7/h1-2,4H,3H2,(H2,11,17)(H,12,15)(H3,10,13,16). The van der Waals surface area contributed by atoms with Crippen molar-refractivity contribution in [3.05, 3.63) is 29.6 Å². The van der Waals surface area contributed by atoms with Crippen molar-refractivity contribution in [2.24, 2.45) is 5.73 Å². The fourth-order valence-corrected chi connectivity index (χ4v) is 1.21. The molecule has 2 aromatic rings. The first-order chi connectivity index (χ1) is 8.16. The van der Waals surface area contributed by atoms with Crippen molar-refractivity contribution in [3.8, 4) is 0 Å². The van der Waals surface area contributed by atoms with Gasteiger partial charge < -0.3 is 16.8 Å². The molecule has 6 N–H and O–H groups in total. The lowest BCUT2D eigenvalue weighted by molar-refractivity contribution is 0.0994. The average molecular weight is 233 g/mol. The number of nitrogens with zero attached hydrogens (tertiary/aromatic N) is 3. The predicted octanol–water partition coefficient (Wildman–Crippen LogP) is -0.507. The zero-order valence-corrected chi connectivity index (χ0v) is 8.84. The van der Waals surface area contributed by atoms with Gasteiger partial charge in [-0.3, -0.25) is 9.89 Å². The number of nitrogen functional groups attached to an aromatic ring is 1. The highest BCUT2D eigenvalue weighted by atomic mass is 16.1. The van der Waals surface area contributed by atoms with E-state index in [0.29, 0.717) is 18.2 Å². The predicted molar refractivity (Wildman–Crippen MR) is 60.9 cm³/mol. The Morgan fingerprint density at radius 3 is 2.76 bits per heavy atom. The summed E-state index contributed by atoms with van der Waals surface area (Å²) < 4.78 is 0. The number of hydrogen-bond donors (Lipinski definition) is 4. The van der Waals surface area contributed by atoms with E-state index in [4.69, 9.17) is 11.5 Å². The summed E-state index contributed by atoms with van der Waals surface area (Å²) in [5, 5.41) is 16.8. The van der Waals surface area contributed by atoms with Gasteiger partial charge in [-0.25, -0.2) is 0 Å². The normalized spacial score (nSPS) is 10.1. The molecule has 2 heterocycles. The number of hydrogen-bond acceptors (Lipinski definition) is 6. The van der Waals surface area contributed by atoms with Gasteiger partial charge in [-0.2, -0.15) is 5.10 Å². The Kier molecular flexibility index (Phi) is 2.86. The van der Waals surface area contributed by atoms with Crippen LogP contribution in [0.5, 0.6) is 0 Å². The first-order valence-corrected chi connectivity index (χ1v) is 4.82. The van der Waals surface area contributed by atoms with Gasteiger partial charge in [-0.15, -0.1) is 10.2 Å². The molecule has 0 unspecified atom stereocenters. The zero-order valence-electron chi connectivity index (χ0n) is 8.84. The van der Waals surface area contributed by atoms with E-state index in [1.54, 1.807) is 12.3 Å². The Balaban J connectivity index is 2.00. The number of aromatic nitrogens is 4. The molecule has 1 amide bonds. The van der Waals surface area contributed by atoms with Gasteiger partial charge in [-0.1, -0.05) is 0 Å². The lowest BCUT2D eigenvalue weighted by atomic mass is 10.3. The summed E-state index contributed by atoms with van der Waals surface area (Å²) in [6.45, 7) is 0.465. The Morgan fingerprint density at radius 1 is 1.41 bits per heavy atom. The fourth-order valence-electron chi connectivity index (χ4n) is 1.21. The lowest BCUT2D eigenvalue weighted by Crippen LogP contribution is -2.14. The maximum atomic E-state index is 10.8. The smallest absolute Gasteiger partial charge is 0.269 e. The molecule has 0 aliphatic carbocycles. The van der Waals surface area contributed by atoms with E-state index in [9.17, 15) is 4.79 Å². The maximum Gasteiger partial charge on any atom is 0.269 e. The van der Waals surface area contributed by atoms with Gasteiger partial charge >= 0.3 is 0 Å². The number of primary amides is 1. The first-order valence-electron chi connectivity index (χ1n) is 4.82. The van der Waals surface area contributed by atoms with Crippen LogP contribution in [0, 0.1) is 0 Å². The minimum Gasteiger partial charge on any atom is -0.384 e. The van der Waals surface area contributed by atoms with Crippen molar-refractivity contribution in [1.82, 2.24) is 20.4 Å². The van der Waals surface area contributed by atoms with Crippen molar-refractivity contribution in [1.29, 1.82) is 0 Å². The molecule has 8 nitrogen and oxygen atoms in total. The largest absolute Gasteiger partial charge is 0.384 e. The van der Waals surface area contributed by atoms with Crippen molar-refractivity contribution in [3.63, 3.8) is 0 Å². The van der Waals surface area contributed by atoms with Crippen molar-refractivity contribution in [2.75, 3.05) is 11.1 Å². The number of rotatable bonds is 4. The second kappa shape index (κ2) is 4.47. The second-order valence-corrected chi connectivity index (χ2v) is 3.33. The molecule has 0 saturated carbocycles. The summed E-state index contributed by atoms with van der Waals surface area (Å²) in [5.41, 5.74) is 11.6. The van der Waals surface area contributed by atoms with Crippen LogP contribution in [-0.2, 0) is 6.54 Å². The number of aromatic amines is 1. The van der Waals surface area contributed by atoms with Crippen LogP contribution in [0.3, 0.4) is 0 Å². The summed E-state index contributed by atoms with van der Waals surface area (Å²) in [6, 6.07) is 3.11. The molecule has 17 heavy (non-hydrogen) atoms. The van der Waals surface area contributed by atoms with E-state index in [1.165, 1.54) is 6.07 Å². The third-order valence-corrected chi connectivity index (χ3v) is 2.13. The van der Waals surface area contributed by atoms with Crippen molar-refractivity contribution >= 4 is 17.5 Å². The molecule has 8 heteroatoms. The molecule has 0 spiro atoms. The van der Waals surface area contributed by atoms with E-state index < -0.39 is 5.91 Å². The fraction of sp³-hybridized carbons (Fsp3) is 0.111. The molecule has 0 aliphatic heterocycles. The van der Waals surface area contributed by atoms with E-state index in [-0.39, 0.29) is 5.69 Å². The summed E-state index contributed by atoms with van der Waals surface area (Å²) in [5.74, 6) is 0.415. The molecule has 0 bridgehead atoms. The Bertz CT molecular complexity index is 518. The third-order valence-electron chi connectivity index (χ3n) is 2.13. The van der Waals surface area contributed by atoms with E-state index in [1.807, 2.05) is 0 Å². The van der Waals surface area contributed by atoms with Crippen LogP contribution in [0.4, 0.5) is 11.6 Å². The molecule has 0 atom stereocenters. The minimum absolute atomic E-state index is 0.123. The summed E-state index contributed by atoms with van der Waals surface area (Å²) >= 11 is 0. The average Bonchev–Trinajstić information content (AvgIpc) is 2.73. The zero-order chi connectivity index (χ0) is 12.3. The Hall–Kier alpha value is -2.64. The van der Waals surface area contributed by atoms with E-state index >= 15 is 0 Å². The van der Waals surface area contributed by atoms with Gasteiger partial charge in [0.05, 0.1) is 6.20 Å². The molecule has 0 aliphatic rings. The lowest BCUT2D eigenvalue weighted by Gasteiger charge is -2.03. The SMILES string of the molecule is NC(=O)c1ccc(NCc2cn[nH]c2N)nn1. The van der Waals surface area contributed by atoms with Gasteiger partial charge in [0.2, 0.25) is 0 Å².